The minimum absolute atomic E-state index is 0.187. The Kier molecular flexibility index (Phi) is 4.87. The maximum atomic E-state index is 6.00. The van der Waals surface area contributed by atoms with Gasteiger partial charge in [-0.05, 0) is 26.3 Å². The molecule has 0 aliphatic carbocycles. The predicted octanol–water partition coefficient (Wildman–Crippen LogP) is 2.32. The highest BCUT2D eigenvalue weighted by Crippen LogP contribution is 2.35. The SMILES string of the molecule is CCOC1(c2noc(C3CCCCCN3)n2)CCOCC1. The minimum atomic E-state index is -0.431. The zero-order chi connectivity index (χ0) is 14.5. The normalized spacial score (nSPS) is 26.4. The molecular formula is C15H25N3O3. The summed E-state index contributed by atoms with van der Waals surface area (Å²) in [6.45, 7) is 5.04. The summed E-state index contributed by atoms with van der Waals surface area (Å²) in [4.78, 5) is 4.67. The van der Waals surface area contributed by atoms with Gasteiger partial charge in [-0.15, -0.1) is 0 Å². The third kappa shape index (κ3) is 3.27. The molecule has 3 heterocycles. The Bertz CT molecular complexity index is 430. The van der Waals surface area contributed by atoms with Crippen molar-refractivity contribution in [1.82, 2.24) is 15.5 Å². The molecule has 2 aliphatic rings. The van der Waals surface area contributed by atoms with Gasteiger partial charge in [0.05, 0.1) is 6.04 Å². The molecule has 1 aromatic heterocycles. The molecular weight excluding hydrogens is 270 g/mol. The Labute approximate surface area is 125 Å². The van der Waals surface area contributed by atoms with Crippen LogP contribution in [0.25, 0.3) is 0 Å². The molecule has 1 N–H and O–H groups in total. The summed E-state index contributed by atoms with van der Waals surface area (Å²) >= 11 is 0. The molecule has 0 spiro atoms. The van der Waals surface area contributed by atoms with Crippen molar-refractivity contribution in [3.05, 3.63) is 11.7 Å². The molecule has 21 heavy (non-hydrogen) atoms. The molecule has 0 bridgehead atoms. The highest BCUT2D eigenvalue weighted by molar-refractivity contribution is 5.05. The summed E-state index contributed by atoms with van der Waals surface area (Å²) in [5, 5.41) is 7.73. The molecule has 6 nitrogen and oxygen atoms in total. The van der Waals surface area contributed by atoms with Gasteiger partial charge in [0.15, 0.2) is 0 Å². The van der Waals surface area contributed by atoms with Gasteiger partial charge in [0.1, 0.15) is 5.60 Å². The molecule has 2 aliphatic heterocycles. The van der Waals surface area contributed by atoms with Crippen LogP contribution in [0.4, 0.5) is 0 Å². The number of nitrogens with zero attached hydrogens (tertiary/aromatic N) is 2. The van der Waals surface area contributed by atoms with E-state index in [0.29, 0.717) is 31.5 Å². The molecule has 118 valence electrons. The van der Waals surface area contributed by atoms with Crippen LogP contribution in [0.3, 0.4) is 0 Å². The minimum Gasteiger partial charge on any atom is -0.381 e. The van der Waals surface area contributed by atoms with E-state index in [1.807, 2.05) is 6.92 Å². The maximum Gasteiger partial charge on any atom is 0.243 e. The van der Waals surface area contributed by atoms with Crippen LogP contribution in [0.1, 0.15) is 63.2 Å². The second-order valence-corrected chi connectivity index (χ2v) is 5.85. The van der Waals surface area contributed by atoms with E-state index in [-0.39, 0.29) is 6.04 Å². The molecule has 1 aromatic rings. The van der Waals surface area contributed by atoms with Crippen LogP contribution in [0.2, 0.25) is 0 Å². The van der Waals surface area contributed by atoms with Crippen LogP contribution < -0.4 is 5.32 Å². The highest BCUT2D eigenvalue weighted by Gasteiger charge is 2.40. The average molecular weight is 295 g/mol. The van der Waals surface area contributed by atoms with Crippen molar-refractivity contribution in [3.63, 3.8) is 0 Å². The monoisotopic (exact) mass is 295 g/mol. The molecule has 1 unspecified atom stereocenters. The van der Waals surface area contributed by atoms with E-state index in [9.17, 15) is 0 Å². The lowest BCUT2D eigenvalue weighted by Gasteiger charge is -2.33. The molecule has 2 fully saturated rings. The Morgan fingerprint density at radius 1 is 1.29 bits per heavy atom. The Morgan fingerprint density at radius 2 is 2.14 bits per heavy atom. The van der Waals surface area contributed by atoms with Crippen molar-refractivity contribution in [3.8, 4) is 0 Å². The fourth-order valence-electron chi connectivity index (χ4n) is 3.21. The van der Waals surface area contributed by atoms with E-state index >= 15 is 0 Å². The van der Waals surface area contributed by atoms with Gasteiger partial charge in [-0.3, -0.25) is 0 Å². The summed E-state index contributed by atoms with van der Waals surface area (Å²) in [7, 11) is 0. The Hall–Kier alpha value is -0.980. The van der Waals surface area contributed by atoms with Gasteiger partial charge in [0.2, 0.25) is 11.7 Å². The zero-order valence-corrected chi connectivity index (χ0v) is 12.8. The van der Waals surface area contributed by atoms with E-state index in [2.05, 4.69) is 15.5 Å². The van der Waals surface area contributed by atoms with Crippen molar-refractivity contribution in [2.45, 2.75) is 57.1 Å². The topological polar surface area (TPSA) is 69.4 Å². The van der Waals surface area contributed by atoms with E-state index in [1.165, 1.54) is 19.3 Å². The number of rotatable bonds is 4. The van der Waals surface area contributed by atoms with Gasteiger partial charge in [-0.1, -0.05) is 18.0 Å². The zero-order valence-electron chi connectivity index (χ0n) is 12.8. The molecule has 6 heteroatoms. The fourth-order valence-corrected chi connectivity index (χ4v) is 3.21. The van der Waals surface area contributed by atoms with Crippen LogP contribution in [0.15, 0.2) is 4.52 Å². The van der Waals surface area contributed by atoms with Gasteiger partial charge >= 0.3 is 0 Å². The summed E-state index contributed by atoms with van der Waals surface area (Å²) in [5.41, 5.74) is -0.431. The van der Waals surface area contributed by atoms with Gasteiger partial charge in [-0.25, -0.2) is 0 Å². The summed E-state index contributed by atoms with van der Waals surface area (Å²) in [5.74, 6) is 1.39. The molecule has 0 aromatic carbocycles. The maximum absolute atomic E-state index is 6.00. The molecule has 2 saturated heterocycles. The predicted molar refractivity (Wildman–Crippen MR) is 76.9 cm³/mol. The largest absolute Gasteiger partial charge is 0.381 e. The fraction of sp³-hybridized carbons (Fsp3) is 0.867. The smallest absolute Gasteiger partial charge is 0.243 e. The van der Waals surface area contributed by atoms with E-state index in [1.54, 1.807) is 0 Å². The first-order valence-electron chi connectivity index (χ1n) is 8.13. The van der Waals surface area contributed by atoms with Crippen molar-refractivity contribution in [2.24, 2.45) is 0 Å². The first-order valence-corrected chi connectivity index (χ1v) is 8.13. The molecule has 3 rings (SSSR count). The van der Waals surface area contributed by atoms with Gasteiger partial charge < -0.3 is 19.3 Å². The second-order valence-electron chi connectivity index (χ2n) is 5.85. The third-order valence-electron chi connectivity index (χ3n) is 4.43. The van der Waals surface area contributed by atoms with Crippen molar-refractivity contribution >= 4 is 0 Å². The molecule has 1 atom stereocenters. The first kappa shape index (κ1) is 14.9. The molecule has 0 amide bonds. The average Bonchev–Trinajstić information content (AvgIpc) is 2.86. The van der Waals surface area contributed by atoms with Crippen LogP contribution in [0, 0.1) is 0 Å². The van der Waals surface area contributed by atoms with Gasteiger partial charge in [0, 0.05) is 32.7 Å². The summed E-state index contributed by atoms with van der Waals surface area (Å²) in [6, 6.07) is 0.187. The number of hydrogen-bond acceptors (Lipinski definition) is 6. The number of nitrogens with one attached hydrogen (secondary N) is 1. The number of aromatic nitrogens is 2. The Balaban J connectivity index is 1.78. The van der Waals surface area contributed by atoms with Crippen molar-refractivity contribution in [1.29, 1.82) is 0 Å². The van der Waals surface area contributed by atoms with Crippen molar-refractivity contribution < 1.29 is 14.0 Å². The van der Waals surface area contributed by atoms with Crippen molar-refractivity contribution in [2.75, 3.05) is 26.4 Å². The standard InChI is InChI=1S/C15H25N3O3/c1-2-20-15(7-10-19-11-8-15)14-17-13(21-18-14)12-6-4-3-5-9-16-12/h12,16H,2-11H2,1H3. The lowest BCUT2D eigenvalue weighted by Crippen LogP contribution is -2.37. The number of ether oxygens (including phenoxy) is 2. The second kappa shape index (κ2) is 6.85. The van der Waals surface area contributed by atoms with Crippen LogP contribution in [-0.2, 0) is 15.1 Å². The van der Waals surface area contributed by atoms with Crippen LogP contribution in [0.5, 0.6) is 0 Å². The van der Waals surface area contributed by atoms with E-state index < -0.39 is 5.60 Å². The molecule has 0 saturated carbocycles. The summed E-state index contributed by atoms with van der Waals surface area (Å²) < 4.78 is 17.0. The quantitative estimate of drug-likeness (QED) is 0.919. The first-order chi connectivity index (χ1) is 10.3. The lowest BCUT2D eigenvalue weighted by atomic mass is 9.93. The highest BCUT2D eigenvalue weighted by atomic mass is 16.5. The summed E-state index contributed by atoms with van der Waals surface area (Å²) in [6.07, 6.45) is 6.34. The third-order valence-corrected chi connectivity index (χ3v) is 4.43. The van der Waals surface area contributed by atoms with Crippen LogP contribution >= 0.6 is 0 Å². The lowest BCUT2D eigenvalue weighted by molar-refractivity contribution is -0.118. The van der Waals surface area contributed by atoms with E-state index in [0.717, 1.165) is 25.8 Å². The number of hydrogen-bond donors (Lipinski definition) is 1. The van der Waals surface area contributed by atoms with Gasteiger partial charge in [0.25, 0.3) is 0 Å². The molecule has 0 radical (unpaired) electrons. The van der Waals surface area contributed by atoms with Gasteiger partial charge in [-0.2, -0.15) is 4.98 Å². The van der Waals surface area contributed by atoms with Crippen LogP contribution in [-0.4, -0.2) is 36.5 Å². The Morgan fingerprint density at radius 3 is 2.95 bits per heavy atom. The van der Waals surface area contributed by atoms with E-state index in [4.69, 9.17) is 14.0 Å².